The maximum Gasteiger partial charge on any atom is 0.207 e. The standard InChI is InChI=1S/C13H14F3N3/c1-4-13(18-7-17)19(3)8(2)9-5-11(15)12(16)6-10(9)14/h5-6,8H,4H2,1-3H3/b18-13+. The van der Waals surface area contributed by atoms with E-state index in [1.807, 2.05) is 0 Å². The third-order valence-corrected chi connectivity index (χ3v) is 2.97. The summed E-state index contributed by atoms with van der Waals surface area (Å²) in [6.07, 6.45) is 2.13. The van der Waals surface area contributed by atoms with Crippen LogP contribution in [0.5, 0.6) is 0 Å². The molecule has 0 aliphatic rings. The minimum absolute atomic E-state index is 0.0143. The van der Waals surface area contributed by atoms with E-state index < -0.39 is 23.5 Å². The molecule has 0 radical (unpaired) electrons. The summed E-state index contributed by atoms with van der Waals surface area (Å²) in [4.78, 5) is 5.17. The average molecular weight is 269 g/mol. The second-order valence-electron chi connectivity index (χ2n) is 4.06. The Bertz CT molecular complexity index is 535. The number of aliphatic imine (C=N–C) groups is 1. The topological polar surface area (TPSA) is 39.4 Å². The highest BCUT2D eigenvalue weighted by molar-refractivity contribution is 5.83. The zero-order valence-corrected chi connectivity index (χ0v) is 10.9. The highest BCUT2D eigenvalue weighted by atomic mass is 19.2. The summed E-state index contributed by atoms with van der Waals surface area (Å²) in [5.74, 6) is -2.71. The van der Waals surface area contributed by atoms with E-state index in [2.05, 4.69) is 4.99 Å². The second kappa shape index (κ2) is 6.23. The van der Waals surface area contributed by atoms with Crippen molar-refractivity contribution in [3.63, 3.8) is 0 Å². The normalized spacial score (nSPS) is 13.0. The van der Waals surface area contributed by atoms with Crippen LogP contribution in [0, 0.1) is 28.9 Å². The minimum atomic E-state index is -1.22. The van der Waals surface area contributed by atoms with E-state index in [4.69, 9.17) is 5.26 Å². The van der Waals surface area contributed by atoms with Gasteiger partial charge in [-0.2, -0.15) is 10.3 Å². The van der Waals surface area contributed by atoms with E-state index in [0.29, 0.717) is 18.3 Å². The molecule has 0 aromatic heterocycles. The van der Waals surface area contributed by atoms with Gasteiger partial charge in [-0.25, -0.2) is 13.2 Å². The number of nitriles is 1. The molecule has 0 heterocycles. The summed E-state index contributed by atoms with van der Waals surface area (Å²) in [5.41, 5.74) is 0.0143. The van der Waals surface area contributed by atoms with Gasteiger partial charge in [-0.3, -0.25) is 0 Å². The Kier molecular flexibility index (Phi) is 4.93. The van der Waals surface area contributed by atoms with Gasteiger partial charge in [0.1, 0.15) is 11.7 Å². The van der Waals surface area contributed by atoms with Crippen LogP contribution < -0.4 is 0 Å². The Morgan fingerprint density at radius 1 is 1.32 bits per heavy atom. The molecule has 0 bridgehead atoms. The van der Waals surface area contributed by atoms with Crippen LogP contribution in [0.1, 0.15) is 31.9 Å². The number of hydrogen-bond acceptors (Lipinski definition) is 2. The lowest BCUT2D eigenvalue weighted by Crippen LogP contribution is -2.29. The van der Waals surface area contributed by atoms with Gasteiger partial charge in [-0.15, -0.1) is 0 Å². The molecule has 0 spiro atoms. The van der Waals surface area contributed by atoms with Crippen molar-refractivity contribution in [2.45, 2.75) is 26.3 Å². The maximum absolute atomic E-state index is 13.7. The summed E-state index contributed by atoms with van der Waals surface area (Å²) < 4.78 is 39.7. The predicted molar refractivity (Wildman–Crippen MR) is 65.8 cm³/mol. The minimum Gasteiger partial charge on any atom is -0.356 e. The lowest BCUT2D eigenvalue weighted by Gasteiger charge is -2.27. The lowest BCUT2D eigenvalue weighted by molar-refractivity contribution is 0.377. The van der Waals surface area contributed by atoms with Crippen LogP contribution in [0.15, 0.2) is 17.1 Å². The molecule has 0 N–H and O–H groups in total. The lowest BCUT2D eigenvalue weighted by atomic mass is 10.1. The molecule has 6 heteroatoms. The van der Waals surface area contributed by atoms with Crippen LogP contribution >= 0.6 is 0 Å². The molecule has 1 atom stereocenters. The Balaban J connectivity index is 3.13. The van der Waals surface area contributed by atoms with E-state index in [1.54, 1.807) is 32.0 Å². The molecular formula is C13H14F3N3. The first-order chi connectivity index (χ1) is 8.92. The van der Waals surface area contributed by atoms with Crippen molar-refractivity contribution >= 4 is 5.84 Å². The zero-order chi connectivity index (χ0) is 14.6. The van der Waals surface area contributed by atoms with E-state index in [0.717, 1.165) is 6.07 Å². The van der Waals surface area contributed by atoms with Crippen molar-refractivity contribution in [1.29, 1.82) is 5.26 Å². The molecule has 0 aliphatic heterocycles. The van der Waals surface area contributed by atoms with Gasteiger partial charge < -0.3 is 4.90 Å². The first kappa shape index (κ1) is 15.0. The molecule has 19 heavy (non-hydrogen) atoms. The van der Waals surface area contributed by atoms with Crippen LogP contribution in [-0.2, 0) is 0 Å². The first-order valence-corrected chi connectivity index (χ1v) is 5.75. The average Bonchev–Trinajstić information content (AvgIpc) is 2.38. The monoisotopic (exact) mass is 269 g/mol. The Morgan fingerprint density at radius 3 is 2.42 bits per heavy atom. The van der Waals surface area contributed by atoms with E-state index in [1.165, 1.54) is 0 Å². The molecule has 1 rings (SSSR count). The van der Waals surface area contributed by atoms with Crippen molar-refractivity contribution in [1.82, 2.24) is 4.90 Å². The Morgan fingerprint density at radius 2 is 1.89 bits per heavy atom. The Hall–Kier alpha value is -2.03. The van der Waals surface area contributed by atoms with Gasteiger partial charge >= 0.3 is 0 Å². The summed E-state index contributed by atoms with van der Waals surface area (Å²) in [7, 11) is 1.62. The van der Waals surface area contributed by atoms with Crippen LogP contribution in [0.3, 0.4) is 0 Å². The van der Waals surface area contributed by atoms with E-state index >= 15 is 0 Å². The molecule has 0 aliphatic carbocycles. The fourth-order valence-corrected chi connectivity index (χ4v) is 1.76. The van der Waals surface area contributed by atoms with Crippen LogP contribution in [-0.4, -0.2) is 17.8 Å². The molecule has 0 fully saturated rings. The smallest absolute Gasteiger partial charge is 0.207 e. The second-order valence-corrected chi connectivity index (χ2v) is 4.06. The highest BCUT2D eigenvalue weighted by Gasteiger charge is 2.20. The maximum atomic E-state index is 13.7. The number of rotatable bonds is 3. The molecule has 1 unspecified atom stereocenters. The van der Waals surface area contributed by atoms with Crippen molar-refractivity contribution in [2.75, 3.05) is 7.05 Å². The molecule has 0 saturated heterocycles. The zero-order valence-electron chi connectivity index (χ0n) is 10.9. The number of halogens is 3. The number of benzene rings is 1. The summed E-state index contributed by atoms with van der Waals surface area (Å²) >= 11 is 0. The van der Waals surface area contributed by atoms with Gasteiger partial charge in [0.05, 0.1) is 6.04 Å². The fourth-order valence-electron chi connectivity index (χ4n) is 1.76. The van der Waals surface area contributed by atoms with Gasteiger partial charge in [-0.1, -0.05) is 6.92 Å². The predicted octanol–water partition coefficient (Wildman–Crippen LogP) is 3.39. The summed E-state index contributed by atoms with van der Waals surface area (Å²) in [5, 5.41) is 8.56. The number of nitrogens with zero attached hydrogens (tertiary/aromatic N) is 3. The molecule has 1 aromatic rings. The third kappa shape index (κ3) is 3.25. The SMILES string of the molecule is CC/C(=N\C#N)N(C)C(C)c1cc(F)c(F)cc1F. The van der Waals surface area contributed by atoms with Crippen molar-refractivity contribution in [3.05, 3.63) is 35.1 Å². The van der Waals surface area contributed by atoms with E-state index in [9.17, 15) is 13.2 Å². The van der Waals surface area contributed by atoms with Crippen LogP contribution in [0.4, 0.5) is 13.2 Å². The number of hydrogen-bond donors (Lipinski definition) is 0. The summed E-state index contributed by atoms with van der Waals surface area (Å²) in [6.45, 7) is 3.42. The molecule has 0 saturated carbocycles. The molecule has 102 valence electrons. The molecular weight excluding hydrogens is 255 g/mol. The van der Waals surface area contributed by atoms with Crippen molar-refractivity contribution < 1.29 is 13.2 Å². The largest absolute Gasteiger partial charge is 0.356 e. The quantitative estimate of drug-likeness (QED) is 0.365. The van der Waals surface area contributed by atoms with Crippen LogP contribution in [0.25, 0.3) is 0 Å². The third-order valence-electron chi connectivity index (χ3n) is 2.97. The van der Waals surface area contributed by atoms with Gasteiger partial charge in [0.25, 0.3) is 0 Å². The first-order valence-electron chi connectivity index (χ1n) is 5.75. The summed E-state index contributed by atoms with van der Waals surface area (Å²) in [6, 6.07) is 0.773. The van der Waals surface area contributed by atoms with Gasteiger partial charge in [0, 0.05) is 25.1 Å². The van der Waals surface area contributed by atoms with Gasteiger partial charge in [0.15, 0.2) is 11.6 Å². The highest BCUT2D eigenvalue weighted by Crippen LogP contribution is 2.25. The molecule has 0 amide bonds. The Labute approximate surface area is 110 Å². The van der Waals surface area contributed by atoms with Gasteiger partial charge in [0.2, 0.25) is 6.19 Å². The van der Waals surface area contributed by atoms with Gasteiger partial charge in [-0.05, 0) is 13.0 Å². The van der Waals surface area contributed by atoms with E-state index in [-0.39, 0.29) is 5.56 Å². The number of amidine groups is 1. The van der Waals surface area contributed by atoms with Crippen molar-refractivity contribution in [3.8, 4) is 6.19 Å². The molecule has 3 nitrogen and oxygen atoms in total. The fraction of sp³-hybridized carbons (Fsp3) is 0.385. The van der Waals surface area contributed by atoms with Crippen molar-refractivity contribution in [2.24, 2.45) is 4.99 Å². The van der Waals surface area contributed by atoms with Crippen LogP contribution in [0.2, 0.25) is 0 Å². The molecule has 1 aromatic carbocycles.